The van der Waals surface area contributed by atoms with Crippen molar-refractivity contribution in [2.45, 2.75) is 141 Å². The summed E-state index contributed by atoms with van der Waals surface area (Å²) in [5.41, 5.74) is 0. The number of aliphatic hydroxyl groups is 1. The van der Waals surface area contributed by atoms with Gasteiger partial charge in [-0.2, -0.15) is 8.42 Å². The van der Waals surface area contributed by atoms with Crippen molar-refractivity contribution < 1.29 is 18.1 Å². The average molecular weight is 407 g/mol. The van der Waals surface area contributed by atoms with Crippen LogP contribution in [0, 0.1) is 0 Å². The summed E-state index contributed by atoms with van der Waals surface area (Å²) in [4.78, 5) is 0. The third kappa shape index (κ3) is 17.7. The quantitative estimate of drug-likeness (QED) is 0.175. The summed E-state index contributed by atoms with van der Waals surface area (Å²) in [5, 5.41) is 9.45. The van der Waals surface area contributed by atoms with Gasteiger partial charge in [0.05, 0.1) is 11.4 Å². The zero-order valence-electron chi connectivity index (χ0n) is 18.0. The maximum Gasteiger partial charge on any atom is 0.267 e. The van der Waals surface area contributed by atoms with Gasteiger partial charge in [-0.25, -0.2) is 0 Å². The lowest BCUT2D eigenvalue weighted by molar-refractivity contribution is 0.147. The molecular formula is C22H46O4S. The number of hydrogen-bond acceptors (Lipinski definition) is 3. The second kappa shape index (κ2) is 17.9. The Morgan fingerprint density at radius 3 is 1.41 bits per heavy atom. The number of hydrogen-bond donors (Lipinski definition) is 2. The van der Waals surface area contributed by atoms with Gasteiger partial charge in [0.15, 0.2) is 0 Å². The standard InChI is InChI=1S/C22H46O4S/c1-3-5-7-8-11-14-17-21(23)18-15-12-9-10-13-16-20-22(19-6-4-2)27(24,25)26/h21-23H,3-20H2,1-2H3,(H,24,25,26). The second-order valence-electron chi connectivity index (χ2n) is 8.19. The van der Waals surface area contributed by atoms with Crippen LogP contribution in [0.4, 0.5) is 0 Å². The average Bonchev–Trinajstić information content (AvgIpc) is 2.61. The van der Waals surface area contributed by atoms with E-state index in [2.05, 4.69) is 6.92 Å². The number of aliphatic hydroxyl groups excluding tert-OH is 1. The van der Waals surface area contributed by atoms with Gasteiger partial charge in [0.2, 0.25) is 0 Å². The Balaban J connectivity index is 3.52. The van der Waals surface area contributed by atoms with Crippen LogP contribution >= 0.6 is 0 Å². The molecule has 0 radical (unpaired) electrons. The van der Waals surface area contributed by atoms with E-state index in [4.69, 9.17) is 0 Å². The summed E-state index contributed by atoms with van der Waals surface area (Å²) in [6.45, 7) is 4.26. The Kier molecular flexibility index (Phi) is 17.8. The lowest BCUT2D eigenvalue weighted by Crippen LogP contribution is -2.20. The van der Waals surface area contributed by atoms with Crippen molar-refractivity contribution in [1.82, 2.24) is 0 Å². The fraction of sp³-hybridized carbons (Fsp3) is 1.00. The largest absolute Gasteiger partial charge is 0.393 e. The third-order valence-corrected chi connectivity index (χ3v) is 6.82. The van der Waals surface area contributed by atoms with Crippen molar-refractivity contribution in [3.8, 4) is 0 Å². The van der Waals surface area contributed by atoms with Gasteiger partial charge in [0, 0.05) is 0 Å². The highest BCUT2D eigenvalue weighted by Crippen LogP contribution is 2.18. The third-order valence-electron chi connectivity index (χ3n) is 5.51. The van der Waals surface area contributed by atoms with Gasteiger partial charge in [0.1, 0.15) is 0 Å². The first-order chi connectivity index (χ1) is 12.9. The molecule has 0 saturated carbocycles. The van der Waals surface area contributed by atoms with E-state index < -0.39 is 15.4 Å². The molecule has 0 aliphatic carbocycles. The minimum Gasteiger partial charge on any atom is -0.393 e. The fourth-order valence-electron chi connectivity index (χ4n) is 3.64. The summed E-state index contributed by atoms with van der Waals surface area (Å²) in [6.07, 6.45) is 18.7. The summed E-state index contributed by atoms with van der Waals surface area (Å²) < 4.78 is 32.1. The van der Waals surface area contributed by atoms with Gasteiger partial charge in [-0.1, -0.05) is 104 Å². The molecule has 0 aromatic carbocycles. The molecule has 27 heavy (non-hydrogen) atoms. The maximum absolute atomic E-state index is 11.4. The second-order valence-corrected chi connectivity index (χ2v) is 9.88. The molecule has 0 aromatic rings. The minimum absolute atomic E-state index is 0.134. The molecule has 0 amide bonds. The molecule has 0 aromatic heterocycles. The zero-order valence-corrected chi connectivity index (χ0v) is 18.8. The summed E-state index contributed by atoms with van der Waals surface area (Å²) in [5.74, 6) is 0. The van der Waals surface area contributed by atoms with Crippen LogP contribution in [0.2, 0.25) is 0 Å². The van der Waals surface area contributed by atoms with Gasteiger partial charge >= 0.3 is 0 Å². The lowest BCUT2D eigenvalue weighted by atomic mass is 10.0. The summed E-state index contributed by atoms with van der Waals surface area (Å²) >= 11 is 0. The van der Waals surface area contributed by atoms with E-state index in [-0.39, 0.29) is 6.10 Å². The monoisotopic (exact) mass is 406 g/mol. The van der Waals surface area contributed by atoms with Gasteiger partial charge in [-0.15, -0.1) is 0 Å². The molecule has 5 heteroatoms. The van der Waals surface area contributed by atoms with Crippen LogP contribution in [0.15, 0.2) is 0 Å². The fourth-order valence-corrected chi connectivity index (χ4v) is 4.57. The van der Waals surface area contributed by atoms with Crippen LogP contribution in [0.1, 0.15) is 129 Å². The Labute approximate surface area is 169 Å². The van der Waals surface area contributed by atoms with Crippen molar-refractivity contribution in [3.05, 3.63) is 0 Å². The first kappa shape index (κ1) is 26.9. The summed E-state index contributed by atoms with van der Waals surface area (Å²) in [6, 6.07) is 0. The van der Waals surface area contributed by atoms with E-state index >= 15 is 0 Å². The highest BCUT2D eigenvalue weighted by Gasteiger charge is 2.21. The lowest BCUT2D eigenvalue weighted by Gasteiger charge is -2.13. The Morgan fingerprint density at radius 2 is 0.963 bits per heavy atom. The molecule has 0 spiro atoms. The highest BCUT2D eigenvalue weighted by atomic mass is 32.2. The van der Waals surface area contributed by atoms with E-state index in [1.54, 1.807) is 0 Å². The molecule has 0 saturated heterocycles. The van der Waals surface area contributed by atoms with Crippen molar-refractivity contribution in [2.75, 3.05) is 0 Å². The van der Waals surface area contributed by atoms with Crippen molar-refractivity contribution >= 4 is 10.1 Å². The SMILES string of the molecule is CCCCCCCCC(O)CCCCCCCCC(CCCC)S(=O)(=O)O. The van der Waals surface area contributed by atoms with Crippen LogP contribution in [-0.4, -0.2) is 29.4 Å². The van der Waals surface area contributed by atoms with Crippen molar-refractivity contribution in [3.63, 3.8) is 0 Å². The molecule has 0 aliphatic rings. The molecule has 0 aliphatic heterocycles. The van der Waals surface area contributed by atoms with Crippen LogP contribution in [0.25, 0.3) is 0 Å². The molecular weight excluding hydrogens is 360 g/mol. The zero-order chi connectivity index (χ0) is 20.4. The van der Waals surface area contributed by atoms with E-state index in [9.17, 15) is 18.1 Å². The normalized spacial score (nSPS) is 14.4. The molecule has 2 unspecified atom stereocenters. The molecule has 0 fully saturated rings. The molecule has 164 valence electrons. The smallest absolute Gasteiger partial charge is 0.267 e. The Morgan fingerprint density at radius 1 is 0.593 bits per heavy atom. The highest BCUT2D eigenvalue weighted by molar-refractivity contribution is 7.86. The Hall–Kier alpha value is -0.130. The number of unbranched alkanes of at least 4 members (excludes halogenated alkanes) is 11. The van der Waals surface area contributed by atoms with Gasteiger partial charge in [0.25, 0.3) is 10.1 Å². The van der Waals surface area contributed by atoms with Gasteiger partial charge in [-0.05, 0) is 25.7 Å². The molecule has 0 heterocycles. The van der Waals surface area contributed by atoms with E-state index in [0.29, 0.717) is 12.8 Å². The molecule has 4 nitrogen and oxygen atoms in total. The Bertz CT molecular complexity index is 409. The molecule has 0 rings (SSSR count). The predicted octanol–water partition coefficient (Wildman–Crippen LogP) is 6.67. The van der Waals surface area contributed by atoms with Gasteiger partial charge in [-0.3, -0.25) is 4.55 Å². The molecule has 2 atom stereocenters. The van der Waals surface area contributed by atoms with Crippen LogP contribution in [0.5, 0.6) is 0 Å². The van der Waals surface area contributed by atoms with E-state index in [1.807, 2.05) is 6.92 Å². The van der Waals surface area contributed by atoms with Crippen molar-refractivity contribution in [1.29, 1.82) is 0 Å². The predicted molar refractivity (Wildman–Crippen MR) is 116 cm³/mol. The maximum atomic E-state index is 11.4. The van der Waals surface area contributed by atoms with Crippen molar-refractivity contribution in [2.24, 2.45) is 0 Å². The first-order valence-electron chi connectivity index (χ1n) is 11.6. The molecule has 2 N–H and O–H groups in total. The van der Waals surface area contributed by atoms with Crippen LogP contribution < -0.4 is 0 Å². The number of rotatable bonds is 20. The van der Waals surface area contributed by atoms with Crippen LogP contribution in [-0.2, 0) is 10.1 Å². The first-order valence-corrected chi connectivity index (χ1v) is 13.1. The minimum atomic E-state index is -3.89. The molecule has 0 bridgehead atoms. The topological polar surface area (TPSA) is 74.6 Å². The van der Waals surface area contributed by atoms with E-state index in [1.165, 1.54) is 32.1 Å². The summed E-state index contributed by atoms with van der Waals surface area (Å²) in [7, 11) is -3.89. The van der Waals surface area contributed by atoms with Crippen LogP contribution in [0.3, 0.4) is 0 Å². The van der Waals surface area contributed by atoms with Gasteiger partial charge < -0.3 is 5.11 Å². The van der Waals surface area contributed by atoms with E-state index in [0.717, 1.165) is 70.6 Å².